The molecule has 8 nitrogen and oxygen atoms in total. The molecular formula is C24H31F3KN3O5S. The fourth-order valence-corrected chi connectivity index (χ4v) is 4.72. The van der Waals surface area contributed by atoms with Crippen LogP contribution in [0.2, 0.25) is 0 Å². The van der Waals surface area contributed by atoms with Crippen LogP contribution in [-0.2, 0) is 32.5 Å². The number of nitrogens with zero attached hydrogens (tertiary/aromatic N) is 3. The second-order valence-corrected chi connectivity index (χ2v) is 11.0. The molecule has 0 spiro atoms. The minimum absolute atomic E-state index is 0. The molecule has 0 bridgehead atoms. The van der Waals surface area contributed by atoms with Gasteiger partial charge in [0.25, 0.3) is 0 Å². The molecule has 2 atom stereocenters. The molecule has 13 heteroatoms. The summed E-state index contributed by atoms with van der Waals surface area (Å²) in [5, 5.41) is 9.60. The Kier molecular flexibility index (Phi) is 12.9. The maximum Gasteiger partial charge on any atom is 1.00 e. The van der Waals surface area contributed by atoms with E-state index in [4.69, 9.17) is 4.84 Å². The minimum Gasteiger partial charge on any atom is -0.560 e. The van der Waals surface area contributed by atoms with Gasteiger partial charge in [-0.2, -0.15) is 13.2 Å². The molecule has 37 heavy (non-hydrogen) atoms. The summed E-state index contributed by atoms with van der Waals surface area (Å²) < 4.78 is 63.7. The van der Waals surface area contributed by atoms with Crippen molar-refractivity contribution >= 4 is 15.5 Å². The number of pyridine rings is 1. The number of aliphatic hydroxyl groups excluding tert-OH is 1. The first kappa shape index (κ1) is 32.6. The molecule has 1 N–H and O–H groups in total. The van der Waals surface area contributed by atoms with Crippen molar-refractivity contribution in [3.8, 4) is 0 Å². The standard InChI is InChI=1S/C18H22N3O4S.C6H9F3O.K/c1-3-26(23,24)16-6-4-13(5-7-16)18(12-22)25-20-15-8-14-10-21(2)11-17(14)19-9-15;7-6(8,9)5-3-1-2-4-10-5;/h4-9,18,22H,3,10-12H2,1-2H3;5H,1-4H2;/q-1;;+1. The van der Waals surface area contributed by atoms with E-state index >= 15 is 0 Å². The van der Waals surface area contributed by atoms with Gasteiger partial charge in [-0.3, -0.25) is 9.88 Å². The zero-order valence-electron chi connectivity index (χ0n) is 21.2. The minimum atomic E-state index is -4.15. The van der Waals surface area contributed by atoms with Crippen molar-refractivity contribution in [1.82, 2.24) is 9.88 Å². The van der Waals surface area contributed by atoms with Crippen molar-refractivity contribution in [3.63, 3.8) is 0 Å². The number of halogens is 3. The van der Waals surface area contributed by atoms with Crippen LogP contribution in [0.15, 0.2) is 41.4 Å². The Morgan fingerprint density at radius 3 is 2.49 bits per heavy atom. The molecule has 0 saturated carbocycles. The molecule has 3 heterocycles. The molecule has 200 valence electrons. The van der Waals surface area contributed by atoms with Crippen LogP contribution in [0.4, 0.5) is 18.9 Å². The molecule has 0 amide bonds. The second kappa shape index (κ2) is 14.7. The Labute approximate surface area is 258 Å². The van der Waals surface area contributed by atoms with E-state index < -0.39 is 28.2 Å². The molecule has 1 fully saturated rings. The van der Waals surface area contributed by atoms with E-state index in [9.17, 15) is 26.7 Å². The monoisotopic (exact) mass is 569 g/mol. The van der Waals surface area contributed by atoms with Crippen LogP contribution in [-0.4, -0.2) is 61.7 Å². The molecule has 0 radical (unpaired) electrons. The molecule has 1 aromatic carbocycles. The van der Waals surface area contributed by atoms with Gasteiger partial charge >= 0.3 is 57.6 Å². The number of aromatic nitrogens is 1. The third kappa shape index (κ3) is 9.51. The fraction of sp³-hybridized carbons (Fsp3) is 0.542. The van der Waals surface area contributed by atoms with Crippen molar-refractivity contribution in [2.75, 3.05) is 26.0 Å². The smallest absolute Gasteiger partial charge is 0.560 e. The maximum absolute atomic E-state index is 11.9. The summed E-state index contributed by atoms with van der Waals surface area (Å²) in [6.07, 6.45) is -3.17. The first-order valence-corrected chi connectivity index (χ1v) is 13.3. The Morgan fingerprint density at radius 2 is 1.95 bits per heavy atom. The van der Waals surface area contributed by atoms with Crippen LogP contribution < -0.4 is 51.4 Å². The number of alkyl halides is 3. The topological polar surface area (TPSA) is 103 Å². The summed E-state index contributed by atoms with van der Waals surface area (Å²) in [6.45, 7) is 3.23. The van der Waals surface area contributed by atoms with Crippen molar-refractivity contribution in [3.05, 3.63) is 58.8 Å². The second-order valence-electron chi connectivity index (χ2n) is 8.71. The van der Waals surface area contributed by atoms with E-state index in [1.54, 1.807) is 25.3 Å². The maximum atomic E-state index is 11.9. The van der Waals surface area contributed by atoms with Crippen molar-refractivity contribution in [2.24, 2.45) is 0 Å². The molecule has 0 aliphatic carbocycles. The van der Waals surface area contributed by atoms with Crippen LogP contribution in [0.5, 0.6) is 0 Å². The summed E-state index contributed by atoms with van der Waals surface area (Å²) in [6, 6.07) is 8.24. The van der Waals surface area contributed by atoms with E-state index in [0.717, 1.165) is 30.8 Å². The Bertz CT molecular complexity index is 1100. The number of aliphatic hydroxyl groups is 1. The largest absolute Gasteiger partial charge is 1.00 e. The van der Waals surface area contributed by atoms with E-state index in [0.29, 0.717) is 17.7 Å². The predicted octanol–water partition coefficient (Wildman–Crippen LogP) is 1.61. The number of rotatable bonds is 7. The molecule has 2 aliphatic heterocycles. The quantitative estimate of drug-likeness (QED) is 0.399. The first-order chi connectivity index (χ1) is 17.0. The van der Waals surface area contributed by atoms with Gasteiger partial charge in [0.05, 0.1) is 29.1 Å². The van der Waals surface area contributed by atoms with Gasteiger partial charge in [-0.15, -0.1) is 5.69 Å². The Morgan fingerprint density at radius 1 is 1.24 bits per heavy atom. The molecule has 2 aliphatic rings. The van der Waals surface area contributed by atoms with E-state index in [-0.39, 0.29) is 81.7 Å². The summed E-state index contributed by atoms with van der Waals surface area (Å²) in [5.74, 6) is 0.0438. The number of hydrogen-bond donors (Lipinski definition) is 1. The zero-order chi connectivity index (χ0) is 26.3. The van der Waals surface area contributed by atoms with Crippen LogP contribution >= 0.6 is 0 Å². The SMILES string of the molecule is CCS(=O)(=O)c1ccc(C(CO)O[N-]c2cnc3c(c2)CN(C)C3)cc1.FC(F)(F)C1CCCCO1.[K+]. The average molecular weight is 570 g/mol. The molecule has 2 unspecified atom stereocenters. The summed E-state index contributed by atoms with van der Waals surface area (Å²) in [5.41, 5.74) is 7.48. The average Bonchev–Trinajstić information content (AvgIpc) is 3.24. The fourth-order valence-electron chi connectivity index (χ4n) is 3.84. The summed E-state index contributed by atoms with van der Waals surface area (Å²) in [4.78, 5) is 12.3. The third-order valence-corrected chi connectivity index (χ3v) is 7.64. The van der Waals surface area contributed by atoms with Gasteiger partial charge in [0.1, 0.15) is 0 Å². The number of ether oxygens (including phenoxy) is 1. The van der Waals surface area contributed by atoms with Crippen molar-refractivity contribution < 1.29 is 87.7 Å². The summed E-state index contributed by atoms with van der Waals surface area (Å²) >= 11 is 0. The van der Waals surface area contributed by atoms with Gasteiger partial charge in [0.2, 0.25) is 0 Å². The van der Waals surface area contributed by atoms with Gasteiger partial charge in [0.15, 0.2) is 15.9 Å². The van der Waals surface area contributed by atoms with Gasteiger partial charge in [0, 0.05) is 25.9 Å². The van der Waals surface area contributed by atoms with Gasteiger partial charge in [-0.1, -0.05) is 25.1 Å². The Balaban J connectivity index is 0.000000369. The predicted molar refractivity (Wildman–Crippen MR) is 127 cm³/mol. The van der Waals surface area contributed by atoms with E-state index in [1.807, 2.05) is 13.1 Å². The van der Waals surface area contributed by atoms with Crippen molar-refractivity contribution in [2.45, 2.75) is 62.6 Å². The number of benzene rings is 1. The molecule has 2 aromatic rings. The number of sulfone groups is 1. The van der Waals surface area contributed by atoms with Gasteiger partial charge in [-0.25, -0.2) is 8.42 Å². The molecule has 1 aromatic heterocycles. The summed E-state index contributed by atoms with van der Waals surface area (Å²) in [7, 11) is -1.23. The normalized spacial score (nSPS) is 18.7. The zero-order valence-corrected chi connectivity index (χ0v) is 25.2. The number of fused-ring (bicyclic) bond motifs is 1. The molecule has 4 rings (SSSR count). The van der Waals surface area contributed by atoms with Crippen molar-refractivity contribution in [1.29, 1.82) is 0 Å². The number of hydrogen-bond acceptors (Lipinski definition) is 7. The van der Waals surface area contributed by atoms with Crippen LogP contribution in [0.1, 0.15) is 49.1 Å². The third-order valence-electron chi connectivity index (χ3n) is 5.89. The van der Waals surface area contributed by atoms with Crippen LogP contribution in [0.25, 0.3) is 5.48 Å². The van der Waals surface area contributed by atoms with Gasteiger partial charge < -0.3 is 20.2 Å². The van der Waals surface area contributed by atoms with E-state index in [1.165, 1.54) is 12.1 Å². The molecular weight excluding hydrogens is 538 g/mol. The molecule has 1 saturated heterocycles. The van der Waals surface area contributed by atoms with E-state index in [2.05, 4.69) is 20.1 Å². The van der Waals surface area contributed by atoms with Gasteiger partial charge in [-0.05, 0) is 49.6 Å². The van der Waals surface area contributed by atoms with Crippen LogP contribution in [0.3, 0.4) is 0 Å². The first-order valence-electron chi connectivity index (χ1n) is 11.7. The Hall–Kier alpha value is -0.614. The van der Waals surface area contributed by atoms with Crippen LogP contribution in [0, 0.1) is 0 Å².